The highest BCUT2D eigenvalue weighted by Gasteiger charge is 2.27. The number of anilines is 2. The second kappa shape index (κ2) is 9.85. The molecule has 0 aliphatic carbocycles. The van der Waals surface area contributed by atoms with E-state index in [0.29, 0.717) is 23.7 Å². The number of halogens is 1. The summed E-state index contributed by atoms with van der Waals surface area (Å²) in [5.41, 5.74) is 3.56. The van der Waals surface area contributed by atoms with E-state index >= 15 is 0 Å². The third-order valence-electron chi connectivity index (χ3n) is 5.53. The summed E-state index contributed by atoms with van der Waals surface area (Å²) in [4.78, 5) is 23.4. The van der Waals surface area contributed by atoms with Crippen LogP contribution < -0.4 is 19.7 Å². The van der Waals surface area contributed by atoms with Crippen LogP contribution in [0.2, 0.25) is 0 Å². The Hall–Kier alpha value is -3.68. The Morgan fingerprint density at radius 1 is 1.18 bits per heavy atom. The van der Waals surface area contributed by atoms with Crippen LogP contribution >= 0.6 is 0 Å². The van der Waals surface area contributed by atoms with E-state index in [1.54, 1.807) is 12.1 Å². The second-order valence-corrected chi connectivity index (χ2v) is 7.64. The van der Waals surface area contributed by atoms with Gasteiger partial charge in [-0.2, -0.15) is 0 Å². The van der Waals surface area contributed by atoms with Crippen LogP contribution in [0.4, 0.5) is 15.9 Å². The first kappa shape index (κ1) is 22.5. The molecule has 3 aromatic rings. The Bertz CT molecular complexity index is 1170. The first-order valence-electron chi connectivity index (χ1n) is 11.0. The molecule has 0 unspecified atom stereocenters. The minimum atomic E-state index is -0.453. The van der Waals surface area contributed by atoms with Crippen molar-refractivity contribution in [3.05, 3.63) is 59.5 Å². The van der Waals surface area contributed by atoms with Gasteiger partial charge in [-0.1, -0.05) is 13.0 Å². The maximum Gasteiger partial charge on any atom is 0.257 e. The third-order valence-corrected chi connectivity index (χ3v) is 5.53. The Balaban J connectivity index is 1.66. The van der Waals surface area contributed by atoms with E-state index in [9.17, 15) is 9.18 Å². The Kier molecular flexibility index (Phi) is 6.72. The maximum atomic E-state index is 14.3. The van der Waals surface area contributed by atoms with Gasteiger partial charge in [-0.25, -0.2) is 14.4 Å². The number of hydrogen-bond donors (Lipinski definition) is 1. The van der Waals surface area contributed by atoms with Crippen LogP contribution in [0.15, 0.2) is 42.5 Å². The smallest absolute Gasteiger partial charge is 0.257 e. The zero-order chi connectivity index (χ0) is 23.4. The summed E-state index contributed by atoms with van der Waals surface area (Å²) in [6, 6.07) is 12.3. The lowest BCUT2D eigenvalue weighted by Gasteiger charge is -2.20. The molecular formula is C25H27FN4O3. The van der Waals surface area contributed by atoms with Gasteiger partial charge in [0.2, 0.25) is 0 Å². The molecular weight excluding hydrogens is 423 g/mol. The SMILES string of the molecule is CCNC(=O)COc1cccc(N2CCc3c(CC)nc(-c4ccc(OC)c(F)c4)nc32)c1. The largest absolute Gasteiger partial charge is 0.494 e. The molecule has 4 rings (SSSR count). The highest BCUT2D eigenvalue weighted by atomic mass is 19.1. The highest BCUT2D eigenvalue weighted by molar-refractivity contribution is 5.77. The summed E-state index contributed by atoms with van der Waals surface area (Å²) >= 11 is 0. The molecule has 1 amide bonds. The minimum Gasteiger partial charge on any atom is -0.494 e. The van der Waals surface area contributed by atoms with Gasteiger partial charge in [0.15, 0.2) is 24.0 Å². The van der Waals surface area contributed by atoms with Crippen molar-refractivity contribution in [2.75, 3.05) is 31.7 Å². The summed E-state index contributed by atoms with van der Waals surface area (Å²) in [7, 11) is 1.44. The van der Waals surface area contributed by atoms with Gasteiger partial charge in [-0.15, -0.1) is 0 Å². The van der Waals surface area contributed by atoms with Gasteiger partial charge in [0.25, 0.3) is 5.91 Å². The molecule has 1 N–H and O–H groups in total. The zero-order valence-corrected chi connectivity index (χ0v) is 19.0. The van der Waals surface area contributed by atoms with E-state index in [2.05, 4.69) is 17.1 Å². The average molecular weight is 451 g/mol. The number of carbonyl (C=O) groups excluding carboxylic acids is 1. The molecule has 8 heteroatoms. The van der Waals surface area contributed by atoms with E-state index in [1.165, 1.54) is 13.2 Å². The number of nitrogens with one attached hydrogen (secondary N) is 1. The number of ether oxygens (including phenoxy) is 2. The molecule has 0 saturated heterocycles. The number of fused-ring (bicyclic) bond motifs is 1. The molecule has 2 aromatic carbocycles. The lowest BCUT2D eigenvalue weighted by atomic mass is 10.1. The number of hydrogen-bond acceptors (Lipinski definition) is 6. The number of likely N-dealkylation sites (N-methyl/N-ethyl adjacent to an activating group) is 1. The maximum absolute atomic E-state index is 14.3. The van der Waals surface area contributed by atoms with Gasteiger partial charge >= 0.3 is 0 Å². The van der Waals surface area contributed by atoms with Crippen molar-refractivity contribution < 1.29 is 18.7 Å². The summed E-state index contributed by atoms with van der Waals surface area (Å²) in [5.74, 6) is 1.46. The number of nitrogens with zero attached hydrogens (tertiary/aromatic N) is 3. The molecule has 7 nitrogen and oxygen atoms in total. The fourth-order valence-electron chi connectivity index (χ4n) is 3.94. The summed E-state index contributed by atoms with van der Waals surface area (Å²) in [5, 5.41) is 2.72. The molecule has 0 radical (unpaired) electrons. The Labute approximate surface area is 192 Å². The minimum absolute atomic E-state index is 0.0385. The summed E-state index contributed by atoms with van der Waals surface area (Å²) < 4.78 is 25.0. The van der Waals surface area contributed by atoms with E-state index in [4.69, 9.17) is 19.4 Å². The predicted octanol–water partition coefficient (Wildman–Crippen LogP) is 4.06. The summed E-state index contributed by atoms with van der Waals surface area (Å²) in [6.07, 6.45) is 1.57. The van der Waals surface area contributed by atoms with E-state index in [0.717, 1.165) is 42.1 Å². The summed E-state index contributed by atoms with van der Waals surface area (Å²) in [6.45, 7) is 5.19. The molecule has 0 atom stereocenters. The number of amides is 1. The number of aryl methyl sites for hydroxylation is 1. The van der Waals surface area contributed by atoms with Crippen LogP contribution in [-0.2, 0) is 17.6 Å². The topological polar surface area (TPSA) is 76.6 Å². The van der Waals surface area contributed by atoms with E-state index in [-0.39, 0.29) is 18.3 Å². The predicted molar refractivity (Wildman–Crippen MR) is 125 cm³/mol. The fourth-order valence-corrected chi connectivity index (χ4v) is 3.94. The Morgan fingerprint density at radius 3 is 2.76 bits per heavy atom. The molecule has 1 aliphatic heterocycles. The standard InChI is InChI=1S/C25H27FN4O3/c1-4-21-19-11-12-30(17-7-6-8-18(14-17)33-15-23(31)27-5-2)25(19)29-24(28-21)16-9-10-22(32-3)20(26)13-16/h6-10,13-14H,4-5,11-12,15H2,1-3H3,(H,27,31). The Morgan fingerprint density at radius 2 is 2.03 bits per heavy atom. The van der Waals surface area contributed by atoms with Crippen LogP contribution in [0.5, 0.6) is 11.5 Å². The average Bonchev–Trinajstić information content (AvgIpc) is 3.26. The van der Waals surface area contributed by atoms with Gasteiger partial charge in [0.1, 0.15) is 11.6 Å². The van der Waals surface area contributed by atoms with Crippen LogP contribution in [0.1, 0.15) is 25.1 Å². The number of aromatic nitrogens is 2. The number of benzene rings is 2. The quantitative estimate of drug-likeness (QED) is 0.558. The van der Waals surface area contributed by atoms with Gasteiger partial charge in [-0.3, -0.25) is 4.79 Å². The van der Waals surface area contributed by atoms with Crippen LogP contribution in [0.25, 0.3) is 11.4 Å². The van der Waals surface area contributed by atoms with Crippen molar-refractivity contribution in [3.63, 3.8) is 0 Å². The van der Waals surface area contributed by atoms with E-state index in [1.807, 2.05) is 31.2 Å². The van der Waals surface area contributed by atoms with Crippen molar-refractivity contribution >= 4 is 17.4 Å². The van der Waals surface area contributed by atoms with Gasteiger partial charge < -0.3 is 19.7 Å². The third kappa shape index (κ3) is 4.74. The molecule has 172 valence electrons. The van der Waals surface area contributed by atoms with Crippen molar-refractivity contribution in [3.8, 4) is 22.9 Å². The van der Waals surface area contributed by atoms with Gasteiger partial charge in [0, 0.05) is 41.7 Å². The molecule has 0 saturated carbocycles. The molecule has 2 heterocycles. The highest BCUT2D eigenvalue weighted by Crippen LogP contribution is 2.37. The van der Waals surface area contributed by atoms with Crippen molar-refractivity contribution in [2.45, 2.75) is 26.7 Å². The first-order chi connectivity index (χ1) is 16.0. The second-order valence-electron chi connectivity index (χ2n) is 7.64. The lowest BCUT2D eigenvalue weighted by molar-refractivity contribution is -0.122. The van der Waals surface area contributed by atoms with Crippen molar-refractivity contribution in [1.29, 1.82) is 0 Å². The zero-order valence-electron chi connectivity index (χ0n) is 19.0. The van der Waals surface area contributed by atoms with Crippen LogP contribution in [0.3, 0.4) is 0 Å². The van der Waals surface area contributed by atoms with Crippen LogP contribution in [-0.4, -0.2) is 42.7 Å². The molecule has 0 bridgehead atoms. The van der Waals surface area contributed by atoms with Crippen LogP contribution in [0, 0.1) is 5.82 Å². The normalized spacial score (nSPS) is 12.4. The molecule has 0 fully saturated rings. The van der Waals surface area contributed by atoms with Crippen molar-refractivity contribution in [2.24, 2.45) is 0 Å². The molecule has 1 aromatic heterocycles. The van der Waals surface area contributed by atoms with Crippen molar-refractivity contribution in [1.82, 2.24) is 15.3 Å². The number of rotatable bonds is 8. The van der Waals surface area contributed by atoms with Gasteiger partial charge in [-0.05, 0) is 50.1 Å². The fraction of sp³-hybridized carbons (Fsp3) is 0.320. The number of carbonyl (C=O) groups is 1. The number of methoxy groups -OCH3 is 1. The molecule has 33 heavy (non-hydrogen) atoms. The monoisotopic (exact) mass is 450 g/mol. The van der Waals surface area contributed by atoms with E-state index < -0.39 is 5.82 Å². The lowest BCUT2D eigenvalue weighted by Crippen LogP contribution is -2.28. The molecule has 0 spiro atoms. The van der Waals surface area contributed by atoms with Gasteiger partial charge in [0.05, 0.1) is 7.11 Å². The first-order valence-corrected chi connectivity index (χ1v) is 11.0. The molecule has 1 aliphatic rings.